The molecule has 2 heterocycles. The van der Waals surface area contributed by atoms with E-state index in [1.807, 2.05) is 12.3 Å². The maximum Gasteiger partial charge on any atom is 0.165 e. The third kappa shape index (κ3) is 3.87. The van der Waals surface area contributed by atoms with Crippen LogP contribution in [-0.4, -0.2) is 34.6 Å². The van der Waals surface area contributed by atoms with Crippen LogP contribution in [0.4, 0.5) is 5.82 Å². The van der Waals surface area contributed by atoms with Crippen LogP contribution in [0.5, 0.6) is 5.75 Å². The molecule has 0 spiro atoms. The van der Waals surface area contributed by atoms with Crippen molar-refractivity contribution >= 4 is 23.1 Å². The molecule has 0 saturated heterocycles. The van der Waals surface area contributed by atoms with Gasteiger partial charge in [0, 0.05) is 24.8 Å². The van der Waals surface area contributed by atoms with Crippen molar-refractivity contribution in [2.45, 2.75) is 53.4 Å². The number of benzene rings is 1. The largest absolute Gasteiger partial charge is 0.496 e. The standard InChI is InChI=1S/C24H31ClN4O/c1-6-10-28(13-17-8-9-17)24-18(7-2)26-23-22(27-20(25)14-29(23)24)21-16(4)11-15(3)12-19(21)30-5/h11-12,14,17H,6-10,13H2,1-5H3. The fourth-order valence-corrected chi connectivity index (χ4v) is 4.53. The minimum Gasteiger partial charge on any atom is -0.496 e. The fourth-order valence-electron chi connectivity index (χ4n) is 4.35. The quantitative estimate of drug-likeness (QED) is 0.452. The highest BCUT2D eigenvalue weighted by atomic mass is 35.5. The lowest BCUT2D eigenvalue weighted by molar-refractivity contribution is 0.415. The maximum absolute atomic E-state index is 6.56. The molecule has 0 N–H and O–H groups in total. The summed E-state index contributed by atoms with van der Waals surface area (Å²) in [6, 6.07) is 4.19. The second-order valence-corrected chi connectivity index (χ2v) is 8.78. The molecule has 4 rings (SSSR count). The SMILES string of the molecule is CCCN(CC1CC1)c1c(CC)nc2c(-c3c(C)cc(C)cc3OC)nc(Cl)cn12. The van der Waals surface area contributed by atoms with Gasteiger partial charge < -0.3 is 9.64 Å². The van der Waals surface area contributed by atoms with Gasteiger partial charge in [-0.3, -0.25) is 4.40 Å². The fraction of sp³-hybridized carbons (Fsp3) is 0.500. The summed E-state index contributed by atoms with van der Waals surface area (Å²) in [7, 11) is 1.70. The summed E-state index contributed by atoms with van der Waals surface area (Å²) >= 11 is 6.56. The van der Waals surface area contributed by atoms with E-state index in [9.17, 15) is 0 Å². The van der Waals surface area contributed by atoms with Crippen molar-refractivity contribution in [3.8, 4) is 17.0 Å². The number of anilines is 1. The number of halogens is 1. The number of ether oxygens (including phenoxy) is 1. The zero-order valence-electron chi connectivity index (χ0n) is 18.6. The molecular formula is C24H31ClN4O. The van der Waals surface area contributed by atoms with Gasteiger partial charge in [-0.05, 0) is 62.6 Å². The van der Waals surface area contributed by atoms with Gasteiger partial charge in [-0.25, -0.2) is 9.97 Å². The second-order valence-electron chi connectivity index (χ2n) is 8.39. The van der Waals surface area contributed by atoms with Crippen LogP contribution in [0.1, 0.15) is 49.9 Å². The molecule has 0 aliphatic heterocycles. The number of nitrogens with zero attached hydrogens (tertiary/aromatic N) is 4. The van der Waals surface area contributed by atoms with Gasteiger partial charge in [0.1, 0.15) is 22.4 Å². The molecule has 0 bridgehead atoms. The van der Waals surface area contributed by atoms with Crippen molar-refractivity contribution in [1.82, 2.24) is 14.4 Å². The molecule has 0 atom stereocenters. The number of imidazole rings is 1. The molecule has 0 radical (unpaired) electrons. The average molecular weight is 427 g/mol. The van der Waals surface area contributed by atoms with Crippen LogP contribution in [0, 0.1) is 19.8 Å². The predicted octanol–water partition coefficient (Wildman–Crippen LogP) is 5.86. The summed E-state index contributed by atoms with van der Waals surface area (Å²) in [6.45, 7) is 10.7. The third-order valence-electron chi connectivity index (χ3n) is 5.83. The Labute approximate surface area is 184 Å². The maximum atomic E-state index is 6.56. The highest BCUT2D eigenvalue weighted by molar-refractivity contribution is 6.29. The molecule has 3 aromatic rings. The topological polar surface area (TPSA) is 42.7 Å². The number of aromatic nitrogens is 3. The van der Waals surface area contributed by atoms with Crippen molar-refractivity contribution in [3.63, 3.8) is 0 Å². The van der Waals surface area contributed by atoms with E-state index in [0.29, 0.717) is 5.15 Å². The molecule has 1 fully saturated rings. The minimum absolute atomic E-state index is 0.462. The Bertz CT molecular complexity index is 1070. The Morgan fingerprint density at radius 2 is 1.97 bits per heavy atom. The molecule has 30 heavy (non-hydrogen) atoms. The van der Waals surface area contributed by atoms with Crippen molar-refractivity contribution in [1.29, 1.82) is 0 Å². The van der Waals surface area contributed by atoms with Crippen LogP contribution in [0.15, 0.2) is 18.3 Å². The lowest BCUT2D eigenvalue weighted by Crippen LogP contribution is -2.28. The predicted molar refractivity (Wildman–Crippen MR) is 124 cm³/mol. The Morgan fingerprint density at radius 3 is 2.60 bits per heavy atom. The first kappa shape index (κ1) is 21.0. The summed E-state index contributed by atoms with van der Waals surface area (Å²) in [5, 5.41) is 0.462. The van der Waals surface area contributed by atoms with Gasteiger partial charge in [-0.2, -0.15) is 0 Å². The van der Waals surface area contributed by atoms with Gasteiger partial charge in [0.25, 0.3) is 0 Å². The summed E-state index contributed by atoms with van der Waals surface area (Å²) < 4.78 is 7.88. The summed E-state index contributed by atoms with van der Waals surface area (Å²) in [4.78, 5) is 12.3. The van der Waals surface area contributed by atoms with Gasteiger partial charge in [0.05, 0.1) is 12.8 Å². The lowest BCUT2D eigenvalue weighted by Gasteiger charge is -2.25. The number of hydrogen-bond acceptors (Lipinski definition) is 4. The van der Waals surface area contributed by atoms with E-state index in [1.165, 1.54) is 12.8 Å². The molecule has 0 unspecified atom stereocenters. The van der Waals surface area contributed by atoms with Crippen molar-refractivity contribution < 1.29 is 4.74 Å². The van der Waals surface area contributed by atoms with Gasteiger partial charge in [-0.15, -0.1) is 0 Å². The van der Waals surface area contributed by atoms with E-state index in [0.717, 1.165) is 77.1 Å². The van der Waals surface area contributed by atoms with Gasteiger partial charge in [0.15, 0.2) is 5.65 Å². The molecule has 1 aliphatic carbocycles. The van der Waals surface area contributed by atoms with E-state index in [4.69, 9.17) is 26.3 Å². The lowest BCUT2D eigenvalue weighted by atomic mass is 10.0. The Hall–Kier alpha value is -2.27. The van der Waals surface area contributed by atoms with E-state index < -0.39 is 0 Å². The van der Waals surface area contributed by atoms with Crippen LogP contribution >= 0.6 is 11.6 Å². The molecule has 0 amide bonds. The summed E-state index contributed by atoms with van der Waals surface area (Å²) in [5.41, 5.74) is 5.93. The zero-order chi connectivity index (χ0) is 21.4. The zero-order valence-corrected chi connectivity index (χ0v) is 19.4. The Balaban J connectivity index is 1.97. The first-order valence-electron chi connectivity index (χ1n) is 10.9. The first-order valence-corrected chi connectivity index (χ1v) is 11.3. The number of rotatable bonds is 8. The van der Waals surface area contributed by atoms with Gasteiger partial charge >= 0.3 is 0 Å². The Kier molecular flexibility index (Phi) is 5.92. The van der Waals surface area contributed by atoms with Crippen LogP contribution in [0.25, 0.3) is 16.9 Å². The molecular weight excluding hydrogens is 396 g/mol. The highest BCUT2D eigenvalue weighted by Crippen LogP contribution is 2.39. The smallest absolute Gasteiger partial charge is 0.165 e. The van der Waals surface area contributed by atoms with Crippen molar-refractivity contribution in [2.24, 2.45) is 5.92 Å². The third-order valence-corrected chi connectivity index (χ3v) is 6.01. The molecule has 5 nitrogen and oxygen atoms in total. The molecule has 160 valence electrons. The van der Waals surface area contributed by atoms with E-state index in [-0.39, 0.29) is 0 Å². The molecule has 1 aromatic carbocycles. The average Bonchev–Trinajstić information content (AvgIpc) is 3.44. The summed E-state index contributed by atoms with van der Waals surface area (Å²) in [5.74, 6) is 2.76. The number of hydrogen-bond donors (Lipinski definition) is 0. The highest BCUT2D eigenvalue weighted by Gasteiger charge is 2.28. The second kappa shape index (κ2) is 8.46. The van der Waals surface area contributed by atoms with E-state index in [2.05, 4.69) is 43.1 Å². The summed E-state index contributed by atoms with van der Waals surface area (Å²) in [6.07, 6.45) is 6.52. The van der Waals surface area contributed by atoms with Crippen LogP contribution in [0.3, 0.4) is 0 Å². The number of methoxy groups -OCH3 is 1. The molecule has 1 saturated carbocycles. The van der Waals surface area contributed by atoms with Gasteiger partial charge in [-0.1, -0.05) is 31.5 Å². The van der Waals surface area contributed by atoms with Crippen LogP contribution in [0.2, 0.25) is 5.15 Å². The van der Waals surface area contributed by atoms with Crippen molar-refractivity contribution in [2.75, 3.05) is 25.1 Å². The van der Waals surface area contributed by atoms with E-state index >= 15 is 0 Å². The van der Waals surface area contributed by atoms with E-state index in [1.54, 1.807) is 7.11 Å². The normalized spacial score (nSPS) is 13.8. The monoisotopic (exact) mass is 426 g/mol. The van der Waals surface area contributed by atoms with Crippen LogP contribution < -0.4 is 9.64 Å². The van der Waals surface area contributed by atoms with Crippen molar-refractivity contribution in [3.05, 3.63) is 40.3 Å². The first-order chi connectivity index (χ1) is 14.5. The molecule has 1 aliphatic rings. The molecule has 2 aromatic heterocycles. The Morgan fingerprint density at radius 1 is 1.20 bits per heavy atom. The number of fused-ring (bicyclic) bond motifs is 1. The number of aryl methyl sites for hydroxylation is 3. The minimum atomic E-state index is 0.462. The van der Waals surface area contributed by atoms with Crippen LogP contribution in [-0.2, 0) is 6.42 Å². The molecule has 6 heteroatoms. The van der Waals surface area contributed by atoms with Gasteiger partial charge in [0.2, 0.25) is 0 Å².